The lowest BCUT2D eigenvalue weighted by Crippen LogP contribution is -2.29. The molecule has 0 saturated carbocycles. The lowest BCUT2D eigenvalue weighted by atomic mass is 9.94. The number of benzene rings is 1. The number of aromatic nitrogens is 3. The Morgan fingerprint density at radius 1 is 1.14 bits per heavy atom. The van der Waals surface area contributed by atoms with Crippen LogP contribution in [0.4, 0.5) is 0 Å². The van der Waals surface area contributed by atoms with Gasteiger partial charge in [0.1, 0.15) is 0 Å². The van der Waals surface area contributed by atoms with Crippen LogP contribution in [0.5, 0.6) is 0 Å². The summed E-state index contributed by atoms with van der Waals surface area (Å²) >= 11 is 0. The van der Waals surface area contributed by atoms with Gasteiger partial charge in [-0.15, -0.1) is 0 Å². The quantitative estimate of drug-likeness (QED) is 0.667. The lowest BCUT2D eigenvalue weighted by molar-refractivity contribution is -0.121. The summed E-state index contributed by atoms with van der Waals surface area (Å²) in [7, 11) is 0. The highest BCUT2D eigenvalue weighted by Crippen LogP contribution is 2.25. The molecule has 29 heavy (non-hydrogen) atoms. The van der Waals surface area contributed by atoms with Crippen molar-refractivity contribution in [3.05, 3.63) is 81.9 Å². The van der Waals surface area contributed by atoms with Crippen molar-refractivity contribution in [1.29, 1.82) is 0 Å². The molecule has 5 heteroatoms. The zero-order valence-corrected chi connectivity index (χ0v) is 17.2. The molecule has 150 valence electrons. The molecule has 0 spiro atoms. The van der Waals surface area contributed by atoms with Crippen LogP contribution in [0.1, 0.15) is 64.5 Å². The predicted molar refractivity (Wildman–Crippen MR) is 114 cm³/mol. The molecule has 1 aromatic carbocycles. The van der Waals surface area contributed by atoms with Crippen LogP contribution >= 0.6 is 0 Å². The van der Waals surface area contributed by atoms with E-state index in [1.165, 1.54) is 35.2 Å². The van der Waals surface area contributed by atoms with Crippen LogP contribution in [0.3, 0.4) is 0 Å². The molecule has 2 N–H and O–H groups in total. The van der Waals surface area contributed by atoms with E-state index >= 15 is 0 Å². The zero-order valence-electron chi connectivity index (χ0n) is 17.2. The molecule has 1 amide bonds. The first-order chi connectivity index (χ1) is 14.1. The van der Waals surface area contributed by atoms with Crippen molar-refractivity contribution in [3.63, 3.8) is 0 Å². The van der Waals surface area contributed by atoms with Gasteiger partial charge in [-0.2, -0.15) is 5.10 Å². The van der Waals surface area contributed by atoms with Gasteiger partial charge in [0.25, 0.3) is 0 Å². The fourth-order valence-corrected chi connectivity index (χ4v) is 4.07. The number of hydrogen-bond acceptors (Lipinski definition) is 3. The summed E-state index contributed by atoms with van der Waals surface area (Å²) in [5.74, 6) is 0.0321. The third-order valence-corrected chi connectivity index (χ3v) is 5.92. The first-order valence-electron chi connectivity index (χ1n) is 10.4. The van der Waals surface area contributed by atoms with Gasteiger partial charge in [-0.25, -0.2) is 0 Å². The number of H-pyrrole nitrogens is 1. The topological polar surface area (TPSA) is 70.7 Å². The highest BCUT2D eigenvalue weighted by atomic mass is 16.1. The second-order valence-electron chi connectivity index (χ2n) is 7.97. The number of carbonyl (C=O) groups is 1. The summed E-state index contributed by atoms with van der Waals surface area (Å²) in [5, 5.41) is 10.9. The number of fused-ring (bicyclic) bond motifs is 1. The fourth-order valence-electron chi connectivity index (χ4n) is 4.07. The molecule has 5 nitrogen and oxygen atoms in total. The van der Waals surface area contributed by atoms with E-state index in [1.807, 2.05) is 18.3 Å². The van der Waals surface area contributed by atoms with Gasteiger partial charge in [-0.3, -0.25) is 14.9 Å². The SMILES string of the molecule is Cc1ccc([C@H](NC(=O)CCc2n[nH]c3c2CCCC3)c2cccnc2)cc1C. The van der Waals surface area contributed by atoms with E-state index in [1.54, 1.807) is 6.20 Å². The Balaban J connectivity index is 1.49. The van der Waals surface area contributed by atoms with E-state index in [4.69, 9.17) is 0 Å². The summed E-state index contributed by atoms with van der Waals surface area (Å²) in [6.45, 7) is 4.20. The molecule has 0 aliphatic heterocycles. The maximum absolute atomic E-state index is 12.8. The Kier molecular flexibility index (Phi) is 5.74. The van der Waals surface area contributed by atoms with Crippen molar-refractivity contribution in [2.75, 3.05) is 0 Å². The predicted octanol–water partition coefficient (Wildman–Crippen LogP) is 4.14. The number of amides is 1. The monoisotopic (exact) mass is 388 g/mol. The second-order valence-corrected chi connectivity index (χ2v) is 7.97. The van der Waals surface area contributed by atoms with Gasteiger partial charge in [0.05, 0.1) is 11.7 Å². The first-order valence-corrected chi connectivity index (χ1v) is 10.4. The number of nitrogens with one attached hydrogen (secondary N) is 2. The molecule has 3 aromatic rings. The van der Waals surface area contributed by atoms with Gasteiger partial charge in [-0.05, 0) is 73.4 Å². The summed E-state index contributed by atoms with van der Waals surface area (Å²) in [6.07, 6.45) is 9.25. The molecule has 4 rings (SSSR count). The second kappa shape index (κ2) is 8.60. The molecule has 0 unspecified atom stereocenters. The highest BCUT2D eigenvalue weighted by molar-refractivity contribution is 5.77. The Labute approximate surface area is 172 Å². The van der Waals surface area contributed by atoms with E-state index < -0.39 is 0 Å². The van der Waals surface area contributed by atoms with Crippen LogP contribution < -0.4 is 5.32 Å². The van der Waals surface area contributed by atoms with E-state index in [0.29, 0.717) is 12.8 Å². The molecular formula is C24H28N4O. The van der Waals surface area contributed by atoms with Gasteiger partial charge >= 0.3 is 0 Å². The lowest BCUT2D eigenvalue weighted by Gasteiger charge is -2.20. The van der Waals surface area contributed by atoms with Crippen LogP contribution in [-0.2, 0) is 24.1 Å². The smallest absolute Gasteiger partial charge is 0.221 e. The summed E-state index contributed by atoms with van der Waals surface area (Å²) in [5.41, 5.74) is 8.17. The number of rotatable bonds is 6. The number of nitrogens with zero attached hydrogens (tertiary/aromatic N) is 2. The fraction of sp³-hybridized carbons (Fsp3) is 0.375. The Bertz CT molecular complexity index is 993. The molecule has 0 fully saturated rings. The summed E-state index contributed by atoms with van der Waals surface area (Å²) < 4.78 is 0. The molecule has 1 aliphatic carbocycles. The van der Waals surface area contributed by atoms with Crippen molar-refractivity contribution in [3.8, 4) is 0 Å². The molecular weight excluding hydrogens is 360 g/mol. The summed E-state index contributed by atoms with van der Waals surface area (Å²) in [6, 6.07) is 10.1. The molecule has 2 aromatic heterocycles. The maximum atomic E-state index is 12.8. The third-order valence-electron chi connectivity index (χ3n) is 5.92. The number of aryl methyl sites for hydroxylation is 4. The van der Waals surface area contributed by atoms with Gasteiger partial charge in [-0.1, -0.05) is 24.3 Å². The zero-order chi connectivity index (χ0) is 20.2. The van der Waals surface area contributed by atoms with Crippen LogP contribution in [0, 0.1) is 13.8 Å². The van der Waals surface area contributed by atoms with E-state index in [2.05, 4.69) is 52.5 Å². The van der Waals surface area contributed by atoms with E-state index in [9.17, 15) is 4.79 Å². The number of carbonyl (C=O) groups excluding carboxylic acids is 1. The van der Waals surface area contributed by atoms with Gasteiger partial charge in [0.2, 0.25) is 5.91 Å². The largest absolute Gasteiger partial charge is 0.345 e. The van der Waals surface area contributed by atoms with Crippen molar-refractivity contribution >= 4 is 5.91 Å². The minimum absolute atomic E-state index is 0.0321. The van der Waals surface area contributed by atoms with Crippen LogP contribution in [0.2, 0.25) is 0 Å². The van der Waals surface area contributed by atoms with Crippen LogP contribution in [-0.4, -0.2) is 21.1 Å². The van der Waals surface area contributed by atoms with Gasteiger partial charge in [0.15, 0.2) is 0 Å². The van der Waals surface area contributed by atoms with E-state index in [0.717, 1.165) is 29.7 Å². The molecule has 1 aliphatic rings. The molecule has 0 bridgehead atoms. The van der Waals surface area contributed by atoms with Crippen molar-refractivity contribution in [2.24, 2.45) is 0 Å². The van der Waals surface area contributed by atoms with Crippen molar-refractivity contribution in [2.45, 2.75) is 58.4 Å². The average Bonchev–Trinajstić information content (AvgIpc) is 3.16. The minimum Gasteiger partial charge on any atom is -0.345 e. The Morgan fingerprint density at radius 2 is 2.00 bits per heavy atom. The number of hydrogen-bond donors (Lipinski definition) is 2. The first kappa shape index (κ1) is 19.4. The number of pyridine rings is 1. The van der Waals surface area contributed by atoms with Crippen molar-refractivity contribution < 1.29 is 4.79 Å². The molecule has 0 saturated heterocycles. The van der Waals surface area contributed by atoms with Crippen molar-refractivity contribution in [1.82, 2.24) is 20.5 Å². The van der Waals surface area contributed by atoms with Gasteiger partial charge in [0, 0.05) is 30.9 Å². The third kappa shape index (κ3) is 4.39. The highest BCUT2D eigenvalue weighted by Gasteiger charge is 2.20. The normalized spacial score (nSPS) is 14.3. The molecule has 2 heterocycles. The van der Waals surface area contributed by atoms with Crippen LogP contribution in [0.15, 0.2) is 42.7 Å². The molecule has 1 atom stereocenters. The van der Waals surface area contributed by atoms with Crippen LogP contribution in [0.25, 0.3) is 0 Å². The summed E-state index contributed by atoms with van der Waals surface area (Å²) in [4.78, 5) is 17.1. The Morgan fingerprint density at radius 3 is 2.79 bits per heavy atom. The standard InChI is InChI=1S/C24H28N4O/c1-16-9-10-18(14-17(16)2)24(19-6-5-13-25-15-19)26-23(29)12-11-22-20-7-3-4-8-21(20)27-28-22/h5-6,9-10,13-15,24H,3-4,7-8,11-12H2,1-2H3,(H,26,29)(H,27,28)/t24-/m0/s1. The minimum atomic E-state index is -0.205. The maximum Gasteiger partial charge on any atom is 0.221 e. The number of aromatic amines is 1. The average molecular weight is 389 g/mol. The Hall–Kier alpha value is -2.95. The van der Waals surface area contributed by atoms with Gasteiger partial charge < -0.3 is 5.32 Å². The van der Waals surface area contributed by atoms with E-state index in [-0.39, 0.29) is 11.9 Å². The molecule has 0 radical (unpaired) electrons.